The number of rotatable bonds is 1. The summed E-state index contributed by atoms with van der Waals surface area (Å²) in [6, 6.07) is 7.26. The Labute approximate surface area is 159 Å². The number of allylic oxidation sites excluding steroid dienone is 2. The summed E-state index contributed by atoms with van der Waals surface area (Å²) >= 11 is 3.43. The molecule has 6 nitrogen and oxygen atoms in total. The van der Waals surface area contributed by atoms with Crippen LogP contribution in [0.15, 0.2) is 45.0 Å². The Bertz CT molecular complexity index is 888. The van der Waals surface area contributed by atoms with E-state index in [9.17, 15) is 14.4 Å². The number of hydrogen-bond acceptors (Lipinski definition) is 4. The molecule has 26 heavy (non-hydrogen) atoms. The first-order valence-electron chi connectivity index (χ1n) is 8.55. The molecule has 2 aliphatic heterocycles. The number of ketones is 1. The van der Waals surface area contributed by atoms with Crippen LogP contribution in [0.4, 0.5) is 4.79 Å². The topological polar surface area (TPSA) is 70.1 Å². The molecular formula is C19H18BrN3O3. The second kappa shape index (κ2) is 6.16. The van der Waals surface area contributed by atoms with Gasteiger partial charge in [-0.2, -0.15) is 0 Å². The highest BCUT2D eigenvalue weighted by atomic mass is 79.9. The number of carbonyl (C=O) groups excluding carboxylic acids is 3. The molecule has 1 saturated heterocycles. The summed E-state index contributed by atoms with van der Waals surface area (Å²) in [6.07, 6.45) is 1.91. The molecule has 1 aromatic carbocycles. The average molecular weight is 416 g/mol. The van der Waals surface area contributed by atoms with Crippen LogP contribution in [0.2, 0.25) is 0 Å². The van der Waals surface area contributed by atoms with Crippen LogP contribution in [-0.2, 0) is 9.59 Å². The minimum Gasteiger partial charge on any atom is -0.294 e. The maximum Gasteiger partial charge on any atom is 0.331 e. The zero-order valence-corrected chi connectivity index (χ0v) is 16.1. The van der Waals surface area contributed by atoms with Gasteiger partial charge in [0.05, 0.1) is 0 Å². The van der Waals surface area contributed by atoms with Gasteiger partial charge in [0.2, 0.25) is 5.91 Å². The molecule has 2 atom stereocenters. The summed E-state index contributed by atoms with van der Waals surface area (Å²) in [5, 5.41) is 0. The largest absolute Gasteiger partial charge is 0.331 e. The van der Waals surface area contributed by atoms with E-state index >= 15 is 0 Å². The summed E-state index contributed by atoms with van der Waals surface area (Å²) in [4.78, 5) is 45.3. The summed E-state index contributed by atoms with van der Waals surface area (Å²) in [7, 11) is 3.11. The van der Waals surface area contributed by atoms with Crippen molar-refractivity contribution in [3.63, 3.8) is 0 Å². The van der Waals surface area contributed by atoms with Crippen molar-refractivity contribution < 1.29 is 14.4 Å². The fourth-order valence-corrected chi connectivity index (χ4v) is 4.30. The lowest BCUT2D eigenvalue weighted by Crippen LogP contribution is -2.59. The van der Waals surface area contributed by atoms with E-state index in [-0.39, 0.29) is 11.7 Å². The van der Waals surface area contributed by atoms with Gasteiger partial charge in [-0.05, 0) is 30.5 Å². The van der Waals surface area contributed by atoms with E-state index in [1.165, 1.54) is 11.9 Å². The molecule has 3 aliphatic rings. The van der Waals surface area contributed by atoms with Gasteiger partial charge in [-0.25, -0.2) is 9.79 Å². The quantitative estimate of drug-likeness (QED) is 0.707. The van der Waals surface area contributed by atoms with Gasteiger partial charge in [0.25, 0.3) is 0 Å². The number of nitrogens with zero attached hydrogens (tertiary/aromatic N) is 3. The molecule has 3 amide bonds. The fraction of sp³-hybridized carbons (Fsp3) is 0.368. The second-order valence-corrected chi connectivity index (χ2v) is 7.77. The lowest BCUT2D eigenvalue weighted by atomic mass is 9.71. The molecule has 0 N–H and O–H groups in total. The number of Topliss-reactive ketones (excluding diaryl/α,β-unsaturated/α-hetero) is 1. The molecule has 1 aliphatic carbocycles. The Morgan fingerprint density at radius 1 is 1.00 bits per heavy atom. The molecule has 1 aromatic rings. The normalized spacial score (nSPS) is 26.0. The van der Waals surface area contributed by atoms with E-state index < -0.39 is 17.9 Å². The molecule has 2 heterocycles. The van der Waals surface area contributed by atoms with E-state index in [0.29, 0.717) is 24.3 Å². The Hall–Kier alpha value is -2.28. The van der Waals surface area contributed by atoms with Gasteiger partial charge in [0.15, 0.2) is 5.78 Å². The Balaban J connectivity index is 1.94. The highest BCUT2D eigenvalue weighted by Crippen LogP contribution is 2.45. The van der Waals surface area contributed by atoms with Crippen LogP contribution in [0.5, 0.6) is 0 Å². The summed E-state index contributed by atoms with van der Waals surface area (Å²) in [5.41, 5.74) is 2.24. The summed E-state index contributed by atoms with van der Waals surface area (Å²) < 4.78 is 0.925. The van der Waals surface area contributed by atoms with Gasteiger partial charge in [0, 0.05) is 42.2 Å². The third kappa shape index (κ3) is 2.45. The van der Waals surface area contributed by atoms with Crippen molar-refractivity contribution in [3.05, 3.63) is 45.6 Å². The highest BCUT2D eigenvalue weighted by Gasteiger charge is 2.50. The SMILES string of the molecule is CN1C(=O)C2C(=NC3=C(C(=O)CCC3)C2c2ccc(Br)cc2)N(C)C1=O. The van der Waals surface area contributed by atoms with Crippen LogP contribution in [0.1, 0.15) is 30.7 Å². The smallest absolute Gasteiger partial charge is 0.294 e. The van der Waals surface area contributed by atoms with Crippen LogP contribution in [0.3, 0.4) is 0 Å². The number of carbonyl (C=O) groups is 3. The minimum atomic E-state index is -0.662. The second-order valence-electron chi connectivity index (χ2n) is 6.85. The van der Waals surface area contributed by atoms with Gasteiger partial charge in [0.1, 0.15) is 11.8 Å². The molecule has 0 saturated carbocycles. The van der Waals surface area contributed by atoms with Gasteiger partial charge in [-0.15, -0.1) is 0 Å². The third-order valence-electron chi connectivity index (χ3n) is 5.34. The first kappa shape index (κ1) is 17.1. The van der Waals surface area contributed by atoms with Crippen molar-refractivity contribution >= 4 is 39.5 Å². The van der Waals surface area contributed by atoms with Crippen LogP contribution in [0.25, 0.3) is 0 Å². The Morgan fingerprint density at radius 3 is 2.38 bits per heavy atom. The predicted octanol–water partition coefficient (Wildman–Crippen LogP) is 3.09. The fourth-order valence-electron chi connectivity index (χ4n) is 4.03. The van der Waals surface area contributed by atoms with Crippen LogP contribution < -0.4 is 0 Å². The molecule has 4 rings (SSSR count). The van der Waals surface area contributed by atoms with Gasteiger partial charge in [-0.3, -0.25) is 19.4 Å². The molecule has 1 fully saturated rings. The molecule has 2 unspecified atom stereocenters. The van der Waals surface area contributed by atoms with Crippen LogP contribution in [0, 0.1) is 5.92 Å². The van der Waals surface area contributed by atoms with E-state index in [4.69, 9.17) is 0 Å². The van der Waals surface area contributed by atoms with Crippen LogP contribution >= 0.6 is 15.9 Å². The van der Waals surface area contributed by atoms with E-state index in [1.54, 1.807) is 7.05 Å². The van der Waals surface area contributed by atoms with Crippen molar-refractivity contribution in [1.29, 1.82) is 0 Å². The van der Waals surface area contributed by atoms with Gasteiger partial charge >= 0.3 is 6.03 Å². The molecule has 0 spiro atoms. The van der Waals surface area contributed by atoms with Gasteiger partial charge < -0.3 is 0 Å². The zero-order chi connectivity index (χ0) is 18.6. The molecule has 0 bridgehead atoms. The highest BCUT2D eigenvalue weighted by molar-refractivity contribution is 9.10. The van der Waals surface area contributed by atoms with Crippen molar-refractivity contribution in [2.75, 3.05) is 14.1 Å². The number of urea groups is 1. The summed E-state index contributed by atoms with van der Waals surface area (Å²) in [6.45, 7) is 0. The monoisotopic (exact) mass is 415 g/mol. The van der Waals surface area contributed by atoms with Crippen molar-refractivity contribution in [3.8, 4) is 0 Å². The number of hydrogen-bond donors (Lipinski definition) is 0. The number of imide groups is 1. The maximum absolute atomic E-state index is 13.0. The Kier molecular flexibility index (Phi) is 4.06. The first-order valence-corrected chi connectivity index (χ1v) is 9.35. The number of fused-ring (bicyclic) bond motifs is 1. The number of amides is 3. The maximum atomic E-state index is 13.0. The van der Waals surface area contributed by atoms with E-state index in [1.807, 2.05) is 24.3 Å². The van der Waals surface area contributed by atoms with E-state index in [0.717, 1.165) is 27.1 Å². The number of aliphatic imine (C=N–C) groups is 1. The number of halogens is 1. The summed E-state index contributed by atoms with van der Waals surface area (Å²) in [5.74, 6) is -0.894. The standard InChI is InChI=1S/C19H18BrN3O3/c1-22-17-16(18(25)23(2)19(22)26)14(10-6-8-11(20)9-7-10)15-12(21-17)4-3-5-13(15)24/h6-9,14,16H,3-5H2,1-2H3. The van der Waals surface area contributed by atoms with E-state index in [2.05, 4.69) is 20.9 Å². The first-order chi connectivity index (χ1) is 12.4. The third-order valence-corrected chi connectivity index (χ3v) is 5.87. The lowest BCUT2D eigenvalue weighted by Gasteiger charge is -2.43. The number of amidine groups is 1. The molecular weight excluding hydrogens is 398 g/mol. The molecule has 0 radical (unpaired) electrons. The average Bonchev–Trinajstić information content (AvgIpc) is 2.64. The zero-order valence-electron chi connectivity index (χ0n) is 14.5. The lowest BCUT2D eigenvalue weighted by molar-refractivity contribution is -0.131. The van der Waals surface area contributed by atoms with Crippen molar-refractivity contribution in [1.82, 2.24) is 9.80 Å². The molecule has 7 heteroatoms. The molecule has 0 aromatic heterocycles. The predicted molar refractivity (Wildman–Crippen MR) is 99.6 cm³/mol. The van der Waals surface area contributed by atoms with Gasteiger partial charge in [-0.1, -0.05) is 28.1 Å². The Morgan fingerprint density at radius 2 is 1.69 bits per heavy atom. The minimum absolute atomic E-state index is 0.0528. The van der Waals surface area contributed by atoms with Crippen LogP contribution in [-0.4, -0.2) is 47.5 Å². The molecule has 134 valence electrons. The van der Waals surface area contributed by atoms with Crippen molar-refractivity contribution in [2.45, 2.75) is 25.2 Å². The number of benzene rings is 1. The van der Waals surface area contributed by atoms with Crippen molar-refractivity contribution in [2.24, 2.45) is 10.9 Å².